The molecule has 192 valence electrons. The number of allylic oxidation sites excluding steroid dienone is 1. The predicted molar refractivity (Wildman–Crippen MR) is 140 cm³/mol. The Morgan fingerprint density at radius 2 is 1.79 bits per heavy atom. The number of imide groups is 1. The summed E-state index contributed by atoms with van der Waals surface area (Å²) in [4.78, 5) is 46.8. The van der Waals surface area contributed by atoms with Crippen LogP contribution in [0.15, 0.2) is 73.1 Å². The van der Waals surface area contributed by atoms with Gasteiger partial charge in [-0.25, -0.2) is 0 Å². The molecule has 3 aromatic rings. The molecule has 3 aliphatic rings. The van der Waals surface area contributed by atoms with E-state index in [1.54, 1.807) is 18.2 Å². The molecule has 0 bridgehead atoms. The Labute approximate surface area is 220 Å². The molecular weight excluding hydrogens is 480 g/mol. The van der Waals surface area contributed by atoms with E-state index >= 15 is 0 Å². The van der Waals surface area contributed by atoms with E-state index in [9.17, 15) is 14.4 Å². The van der Waals surface area contributed by atoms with Gasteiger partial charge in [-0.15, -0.1) is 0 Å². The fraction of sp³-hybridized carbons (Fsp3) is 0.267. The van der Waals surface area contributed by atoms with E-state index in [0.29, 0.717) is 24.3 Å². The number of pyridine rings is 1. The number of benzene rings is 2. The Morgan fingerprint density at radius 1 is 0.974 bits per heavy atom. The first-order valence-electron chi connectivity index (χ1n) is 12.8. The lowest BCUT2D eigenvalue weighted by molar-refractivity contribution is -0.125. The van der Waals surface area contributed by atoms with Gasteiger partial charge in [0.25, 0.3) is 11.8 Å². The lowest BCUT2D eigenvalue weighted by atomic mass is 10.0. The van der Waals surface area contributed by atoms with Gasteiger partial charge < -0.3 is 10.1 Å². The molecule has 2 aromatic carbocycles. The molecule has 4 heterocycles. The molecule has 0 aliphatic carbocycles. The number of amides is 3. The number of nitrogens with zero attached hydrogens (tertiary/aromatic N) is 3. The molecule has 1 saturated heterocycles. The van der Waals surface area contributed by atoms with Crippen molar-refractivity contribution < 1.29 is 19.1 Å². The zero-order chi connectivity index (χ0) is 26.2. The van der Waals surface area contributed by atoms with Crippen LogP contribution in [0, 0.1) is 0 Å². The minimum absolute atomic E-state index is 0.214. The molecular formula is C30H28N4O4. The first-order chi connectivity index (χ1) is 18.5. The lowest BCUT2D eigenvalue weighted by Gasteiger charge is -2.29. The van der Waals surface area contributed by atoms with Crippen molar-refractivity contribution in [1.82, 2.24) is 20.1 Å². The number of carbonyl (C=O) groups excluding carboxylic acids is 3. The third-order valence-corrected chi connectivity index (χ3v) is 7.41. The van der Waals surface area contributed by atoms with Crippen LogP contribution in [0.1, 0.15) is 55.9 Å². The number of carbonyl (C=O) groups is 3. The normalized spacial score (nSPS) is 19.3. The summed E-state index contributed by atoms with van der Waals surface area (Å²) < 4.78 is 6.03. The van der Waals surface area contributed by atoms with Crippen LogP contribution in [0.2, 0.25) is 0 Å². The van der Waals surface area contributed by atoms with Crippen LogP contribution >= 0.6 is 0 Å². The summed E-state index contributed by atoms with van der Waals surface area (Å²) in [5, 5.41) is 2.65. The Balaban J connectivity index is 1.11. The standard InChI is InChI=1S/C30H28N4O4/c1-19-7-12-25(28(35)32-19)34-29(36)23-5-2-6-26(27(23)30(34)37)38-18-21-10-8-20(9-11-21)16-33-15-13-24-22(17-33)4-3-14-31-24/h2-6,8-11,14,25H,1,7,12-13,15-18H2,(H,32,35). The number of hydrogen-bond donors (Lipinski definition) is 1. The number of ether oxygens (including phenoxy) is 1. The molecule has 3 amide bonds. The zero-order valence-corrected chi connectivity index (χ0v) is 21.0. The van der Waals surface area contributed by atoms with Gasteiger partial charge in [0.1, 0.15) is 18.4 Å². The summed E-state index contributed by atoms with van der Waals surface area (Å²) in [5.74, 6) is -1.01. The lowest BCUT2D eigenvalue weighted by Crippen LogP contribution is -2.51. The number of nitrogens with one attached hydrogen (secondary N) is 1. The highest BCUT2D eigenvalue weighted by atomic mass is 16.5. The SMILES string of the molecule is C=C1CCC(N2C(=O)c3cccc(OCc4ccc(CN5CCc6ncccc6C5)cc4)c3C2=O)C(=O)N1. The van der Waals surface area contributed by atoms with Crippen LogP contribution in [0.3, 0.4) is 0 Å². The second-order valence-electron chi connectivity index (χ2n) is 9.98. The summed E-state index contributed by atoms with van der Waals surface area (Å²) >= 11 is 0. The highest BCUT2D eigenvalue weighted by Gasteiger charge is 2.45. The van der Waals surface area contributed by atoms with Gasteiger partial charge in [-0.3, -0.25) is 29.2 Å². The Morgan fingerprint density at radius 3 is 2.61 bits per heavy atom. The van der Waals surface area contributed by atoms with Crippen molar-refractivity contribution in [1.29, 1.82) is 0 Å². The van der Waals surface area contributed by atoms with Crippen molar-refractivity contribution in [3.63, 3.8) is 0 Å². The molecule has 0 saturated carbocycles. The molecule has 1 N–H and O–H groups in total. The van der Waals surface area contributed by atoms with Crippen molar-refractivity contribution in [3.8, 4) is 5.75 Å². The summed E-state index contributed by atoms with van der Waals surface area (Å²) in [6.07, 6.45) is 3.70. The summed E-state index contributed by atoms with van der Waals surface area (Å²) in [5.41, 5.74) is 5.73. The van der Waals surface area contributed by atoms with Crippen LogP contribution in [-0.2, 0) is 30.9 Å². The van der Waals surface area contributed by atoms with Gasteiger partial charge >= 0.3 is 0 Å². The molecule has 1 fully saturated rings. The molecule has 3 aliphatic heterocycles. The molecule has 8 nitrogen and oxygen atoms in total. The first kappa shape index (κ1) is 24.1. The van der Waals surface area contributed by atoms with Gasteiger partial charge in [-0.05, 0) is 47.7 Å². The van der Waals surface area contributed by atoms with Crippen LogP contribution in [-0.4, -0.2) is 45.1 Å². The highest BCUT2D eigenvalue weighted by molar-refractivity contribution is 6.24. The zero-order valence-electron chi connectivity index (χ0n) is 21.0. The van der Waals surface area contributed by atoms with Crippen molar-refractivity contribution in [2.75, 3.05) is 6.54 Å². The minimum Gasteiger partial charge on any atom is -0.488 e. The average molecular weight is 509 g/mol. The van der Waals surface area contributed by atoms with Crippen LogP contribution < -0.4 is 10.1 Å². The average Bonchev–Trinajstić information content (AvgIpc) is 3.18. The molecule has 1 aromatic heterocycles. The first-order valence-corrected chi connectivity index (χ1v) is 12.8. The van der Waals surface area contributed by atoms with Gasteiger partial charge in [0.05, 0.1) is 11.1 Å². The Bertz CT molecular complexity index is 1450. The number of hydrogen-bond acceptors (Lipinski definition) is 6. The van der Waals surface area contributed by atoms with E-state index in [1.807, 2.05) is 24.4 Å². The van der Waals surface area contributed by atoms with Crippen molar-refractivity contribution in [3.05, 3.63) is 107 Å². The maximum Gasteiger partial charge on any atom is 0.266 e. The summed E-state index contributed by atoms with van der Waals surface area (Å²) in [6.45, 7) is 6.76. The van der Waals surface area contributed by atoms with Gasteiger partial charge in [-0.2, -0.15) is 0 Å². The van der Waals surface area contributed by atoms with E-state index in [2.05, 4.69) is 40.0 Å². The minimum atomic E-state index is -0.849. The number of fused-ring (bicyclic) bond motifs is 2. The molecule has 0 radical (unpaired) electrons. The smallest absolute Gasteiger partial charge is 0.266 e. The van der Waals surface area contributed by atoms with Crippen LogP contribution in [0.25, 0.3) is 0 Å². The largest absolute Gasteiger partial charge is 0.488 e. The number of rotatable bonds is 6. The van der Waals surface area contributed by atoms with E-state index in [4.69, 9.17) is 4.74 Å². The molecule has 8 heteroatoms. The number of piperidine rings is 1. The van der Waals surface area contributed by atoms with E-state index < -0.39 is 17.9 Å². The maximum atomic E-state index is 13.3. The number of aromatic nitrogens is 1. The van der Waals surface area contributed by atoms with Crippen molar-refractivity contribution >= 4 is 17.7 Å². The summed E-state index contributed by atoms with van der Waals surface area (Å²) in [7, 11) is 0. The molecule has 1 atom stereocenters. The second kappa shape index (κ2) is 9.87. The van der Waals surface area contributed by atoms with Crippen LogP contribution in [0.4, 0.5) is 0 Å². The summed E-state index contributed by atoms with van der Waals surface area (Å²) in [6, 6.07) is 16.5. The molecule has 1 unspecified atom stereocenters. The Hall–Kier alpha value is -4.30. The fourth-order valence-corrected chi connectivity index (χ4v) is 5.40. The maximum absolute atomic E-state index is 13.3. The highest BCUT2D eigenvalue weighted by Crippen LogP contribution is 2.34. The van der Waals surface area contributed by atoms with Gasteiger partial charge in [0.2, 0.25) is 5.91 Å². The van der Waals surface area contributed by atoms with E-state index in [1.165, 1.54) is 16.8 Å². The molecule has 6 rings (SSSR count). The van der Waals surface area contributed by atoms with Gasteiger partial charge in [0.15, 0.2) is 0 Å². The molecule has 0 spiro atoms. The van der Waals surface area contributed by atoms with Crippen molar-refractivity contribution in [2.45, 2.75) is 45.0 Å². The van der Waals surface area contributed by atoms with Crippen molar-refractivity contribution in [2.24, 2.45) is 0 Å². The quantitative estimate of drug-likeness (QED) is 0.512. The van der Waals surface area contributed by atoms with Crippen LogP contribution in [0.5, 0.6) is 5.75 Å². The Kier molecular flexibility index (Phi) is 6.25. The van der Waals surface area contributed by atoms with Gasteiger partial charge in [0, 0.05) is 43.6 Å². The fourth-order valence-electron chi connectivity index (χ4n) is 5.40. The topological polar surface area (TPSA) is 91.8 Å². The monoisotopic (exact) mass is 508 g/mol. The molecule has 38 heavy (non-hydrogen) atoms. The van der Waals surface area contributed by atoms with Gasteiger partial charge in [-0.1, -0.05) is 43.0 Å². The predicted octanol–water partition coefficient (Wildman–Crippen LogP) is 3.61. The third kappa shape index (κ3) is 4.48. The third-order valence-electron chi connectivity index (χ3n) is 7.41. The van der Waals surface area contributed by atoms with E-state index in [0.717, 1.165) is 36.5 Å². The van der Waals surface area contributed by atoms with E-state index in [-0.39, 0.29) is 23.6 Å². The second-order valence-corrected chi connectivity index (χ2v) is 9.98.